The summed E-state index contributed by atoms with van der Waals surface area (Å²) in [5, 5.41) is 14.6. The van der Waals surface area contributed by atoms with E-state index < -0.39 is 0 Å². The molecule has 2 N–H and O–H groups in total. The van der Waals surface area contributed by atoms with Crippen molar-refractivity contribution in [1.82, 2.24) is 15.1 Å². The minimum Gasteiger partial charge on any atom is -0.508 e. The van der Waals surface area contributed by atoms with E-state index in [9.17, 15) is 9.90 Å². The average Bonchev–Trinajstić information content (AvgIpc) is 3.10. The van der Waals surface area contributed by atoms with Gasteiger partial charge in [-0.15, -0.1) is 0 Å². The van der Waals surface area contributed by atoms with E-state index in [1.54, 1.807) is 12.1 Å². The third-order valence-electron chi connectivity index (χ3n) is 5.87. The van der Waals surface area contributed by atoms with Crippen LogP contribution in [0.4, 0.5) is 0 Å². The Morgan fingerprint density at radius 3 is 2.73 bits per heavy atom. The molecule has 2 heterocycles. The second-order valence-electron chi connectivity index (χ2n) is 7.70. The largest absolute Gasteiger partial charge is 0.508 e. The van der Waals surface area contributed by atoms with Crippen LogP contribution in [0.15, 0.2) is 36.4 Å². The third kappa shape index (κ3) is 3.55. The fourth-order valence-corrected chi connectivity index (χ4v) is 4.33. The maximum Gasteiger partial charge on any atom is 0.252 e. The molecule has 4 rings (SSSR count). The number of amides is 1. The molecule has 0 aromatic heterocycles. The van der Waals surface area contributed by atoms with Gasteiger partial charge in [0.1, 0.15) is 5.75 Å². The zero-order valence-corrected chi connectivity index (χ0v) is 15.3. The summed E-state index contributed by atoms with van der Waals surface area (Å²) in [6.07, 6.45) is 3.47. The summed E-state index contributed by atoms with van der Waals surface area (Å²) in [6.45, 7) is 4.36. The number of hydrogen-bond acceptors (Lipinski definition) is 4. The number of hydrogen-bond donors (Lipinski definition) is 2. The van der Waals surface area contributed by atoms with Crippen LogP contribution >= 0.6 is 0 Å². The maximum absolute atomic E-state index is 12.8. The molecule has 1 amide bonds. The normalized spacial score (nSPS) is 22.7. The highest BCUT2D eigenvalue weighted by molar-refractivity contribution is 6.07. The molecule has 0 radical (unpaired) electrons. The van der Waals surface area contributed by atoms with Crippen molar-refractivity contribution in [3.63, 3.8) is 0 Å². The van der Waals surface area contributed by atoms with Crippen molar-refractivity contribution in [2.45, 2.75) is 31.3 Å². The topological polar surface area (TPSA) is 55.8 Å². The maximum atomic E-state index is 12.8. The second kappa shape index (κ2) is 7.25. The first kappa shape index (κ1) is 17.3. The second-order valence-corrected chi connectivity index (χ2v) is 7.70. The van der Waals surface area contributed by atoms with Crippen molar-refractivity contribution in [3.05, 3.63) is 42.0 Å². The Kier molecular flexibility index (Phi) is 4.83. The Labute approximate surface area is 154 Å². The average molecular weight is 353 g/mol. The molecule has 1 atom stereocenters. The smallest absolute Gasteiger partial charge is 0.252 e. The zero-order valence-electron chi connectivity index (χ0n) is 15.3. The van der Waals surface area contributed by atoms with Crippen molar-refractivity contribution in [1.29, 1.82) is 0 Å². The third-order valence-corrected chi connectivity index (χ3v) is 5.87. The van der Waals surface area contributed by atoms with E-state index in [4.69, 9.17) is 0 Å². The van der Waals surface area contributed by atoms with E-state index in [1.807, 2.05) is 24.3 Å². The number of nitrogens with zero attached hydrogens (tertiary/aromatic N) is 2. The van der Waals surface area contributed by atoms with Crippen LogP contribution in [0.25, 0.3) is 10.8 Å². The van der Waals surface area contributed by atoms with Gasteiger partial charge in [-0.1, -0.05) is 12.1 Å². The number of benzene rings is 2. The van der Waals surface area contributed by atoms with Crippen LogP contribution in [0.2, 0.25) is 0 Å². The Hall–Kier alpha value is -2.11. The number of piperidine rings is 1. The fourth-order valence-electron chi connectivity index (χ4n) is 4.33. The first-order valence-corrected chi connectivity index (χ1v) is 9.55. The molecule has 0 spiro atoms. The van der Waals surface area contributed by atoms with Crippen LogP contribution in [0.5, 0.6) is 5.75 Å². The van der Waals surface area contributed by atoms with Crippen LogP contribution < -0.4 is 5.32 Å². The Bertz CT molecular complexity index is 799. The van der Waals surface area contributed by atoms with E-state index in [-0.39, 0.29) is 17.7 Å². The lowest BCUT2D eigenvalue weighted by Crippen LogP contribution is -2.44. The lowest BCUT2D eigenvalue weighted by atomic mass is 10.0. The monoisotopic (exact) mass is 353 g/mol. The number of nitrogens with one attached hydrogen (secondary N) is 1. The summed E-state index contributed by atoms with van der Waals surface area (Å²) >= 11 is 0. The highest BCUT2D eigenvalue weighted by Crippen LogP contribution is 2.24. The summed E-state index contributed by atoms with van der Waals surface area (Å²) < 4.78 is 0. The molecule has 1 unspecified atom stereocenters. The van der Waals surface area contributed by atoms with Gasteiger partial charge >= 0.3 is 0 Å². The lowest BCUT2D eigenvalue weighted by molar-refractivity contribution is 0.0933. The summed E-state index contributed by atoms with van der Waals surface area (Å²) in [5.41, 5.74) is 0.681. The van der Waals surface area contributed by atoms with Crippen molar-refractivity contribution in [3.8, 4) is 5.75 Å². The quantitative estimate of drug-likeness (QED) is 0.890. The van der Waals surface area contributed by atoms with Crippen LogP contribution in [0.1, 0.15) is 29.6 Å². The van der Waals surface area contributed by atoms with Gasteiger partial charge in [0.25, 0.3) is 5.91 Å². The number of phenols is 1. The molecule has 2 fully saturated rings. The van der Waals surface area contributed by atoms with Crippen molar-refractivity contribution >= 4 is 16.7 Å². The van der Waals surface area contributed by atoms with Crippen LogP contribution in [-0.2, 0) is 0 Å². The number of likely N-dealkylation sites (tertiary alicyclic amines) is 2. The van der Waals surface area contributed by atoms with Gasteiger partial charge in [0.15, 0.2) is 0 Å². The highest BCUT2D eigenvalue weighted by atomic mass is 16.3. The number of phenolic OH excluding ortho intramolecular Hbond substituents is 1. The van der Waals surface area contributed by atoms with Gasteiger partial charge in [0, 0.05) is 30.7 Å². The first-order valence-electron chi connectivity index (χ1n) is 9.55. The van der Waals surface area contributed by atoms with Crippen LogP contribution in [-0.4, -0.2) is 66.1 Å². The van der Waals surface area contributed by atoms with E-state index in [0.29, 0.717) is 11.6 Å². The lowest BCUT2D eigenvalue weighted by Gasteiger charge is -2.35. The number of fused-ring (bicyclic) bond motifs is 1. The van der Waals surface area contributed by atoms with Gasteiger partial charge < -0.3 is 15.3 Å². The Morgan fingerprint density at radius 1 is 1.12 bits per heavy atom. The molecule has 2 aliphatic heterocycles. The number of carbonyl (C=O) groups excluding carboxylic acids is 1. The molecule has 2 saturated heterocycles. The Balaban J connectivity index is 1.41. The van der Waals surface area contributed by atoms with E-state index >= 15 is 0 Å². The standard InChI is InChI=1S/C21H27N3O2/c1-23-10-8-17(9-11-23)24-12-7-16(14-24)22-21(26)20-4-2-3-15-13-18(25)5-6-19(15)20/h2-6,13,16-17,25H,7-12,14H2,1H3,(H,22,26). The molecular weight excluding hydrogens is 326 g/mol. The molecular formula is C21H27N3O2. The predicted molar refractivity (Wildman–Crippen MR) is 104 cm³/mol. The molecule has 5 nitrogen and oxygen atoms in total. The van der Waals surface area contributed by atoms with Crippen molar-refractivity contribution < 1.29 is 9.90 Å². The number of carbonyl (C=O) groups is 1. The van der Waals surface area contributed by atoms with Crippen molar-refractivity contribution in [2.24, 2.45) is 0 Å². The van der Waals surface area contributed by atoms with E-state index in [0.717, 1.165) is 30.3 Å². The molecule has 138 valence electrons. The van der Waals surface area contributed by atoms with Gasteiger partial charge in [-0.25, -0.2) is 0 Å². The van der Waals surface area contributed by atoms with E-state index in [2.05, 4.69) is 22.2 Å². The summed E-state index contributed by atoms with van der Waals surface area (Å²) in [4.78, 5) is 17.8. The van der Waals surface area contributed by atoms with Gasteiger partial charge in [-0.05, 0) is 74.4 Å². The Morgan fingerprint density at radius 2 is 1.92 bits per heavy atom. The summed E-state index contributed by atoms with van der Waals surface area (Å²) in [7, 11) is 2.19. The molecule has 0 aliphatic carbocycles. The molecule has 2 aliphatic rings. The van der Waals surface area contributed by atoms with E-state index in [1.165, 1.54) is 25.9 Å². The number of rotatable bonds is 3. The highest BCUT2D eigenvalue weighted by Gasteiger charge is 2.31. The molecule has 0 bridgehead atoms. The first-order chi connectivity index (χ1) is 12.6. The van der Waals surface area contributed by atoms with Crippen molar-refractivity contribution in [2.75, 3.05) is 33.2 Å². The number of aromatic hydroxyl groups is 1. The summed E-state index contributed by atoms with van der Waals surface area (Å²) in [6, 6.07) is 11.7. The predicted octanol–water partition coefficient (Wildman–Crippen LogP) is 2.44. The van der Waals surface area contributed by atoms with Crippen LogP contribution in [0.3, 0.4) is 0 Å². The SMILES string of the molecule is CN1CCC(N2CCC(NC(=O)c3cccc4cc(O)ccc34)C2)CC1. The fraction of sp³-hybridized carbons (Fsp3) is 0.476. The molecule has 2 aromatic carbocycles. The summed E-state index contributed by atoms with van der Waals surface area (Å²) in [5.74, 6) is 0.205. The minimum absolute atomic E-state index is 0.0171. The minimum atomic E-state index is -0.0171. The van der Waals surface area contributed by atoms with Crippen LogP contribution in [0, 0.1) is 0 Å². The molecule has 5 heteroatoms. The van der Waals surface area contributed by atoms with Gasteiger partial charge in [-0.3, -0.25) is 9.69 Å². The molecule has 0 saturated carbocycles. The molecule has 26 heavy (non-hydrogen) atoms. The van der Waals surface area contributed by atoms with Gasteiger partial charge in [-0.2, -0.15) is 0 Å². The zero-order chi connectivity index (χ0) is 18.1. The molecule has 2 aromatic rings. The van der Waals surface area contributed by atoms with Gasteiger partial charge in [0.05, 0.1) is 0 Å². The van der Waals surface area contributed by atoms with Gasteiger partial charge in [0.2, 0.25) is 0 Å².